The maximum absolute atomic E-state index is 13.2. The summed E-state index contributed by atoms with van der Waals surface area (Å²) in [6, 6.07) is 5.13. The summed E-state index contributed by atoms with van der Waals surface area (Å²) < 4.78 is 34.7. The summed E-state index contributed by atoms with van der Waals surface area (Å²) in [5.41, 5.74) is 1.18. The third-order valence-corrected chi connectivity index (χ3v) is 7.75. The zero-order valence-corrected chi connectivity index (χ0v) is 19.6. The molecule has 168 valence electrons. The maximum atomic E-state index is 13.2. The standard InChI is InChI=1S/C22H35N3O4S/c1-6-25-19-8-7-17(13-18(19)21(2,3)14-20(25)26)30(27,28)23-15-22(16-24(4)5)9-11-29-12-10-22/h7-8,13,23H,6,9-12,14-16H2,1-5H3. The fourth-order valence-electron chi connectivity index (χ4n) is 4.71. The van der Waals surface area contributed by atoms with Crippen LogP contribution in [0.15, 0.2) is 23.1 Å². The van der Waals surface area contributed by atoms with Gasteiger partial charge in [-0.25, -0.2) is 13.1 Å². The summed E-state index contributed by atoms with van der Waals surface area (Å²) in [5, 5.41) is 0. The van der Waals surface area contributed by atoms with E-state index in [0.717, 1.165) is 30.6 Å². The number of carbonyl (C=O) groups excluding carboxylic acids is 1. The largest absolute Gasteiger partial charge is 0.381 e. The van der Waals surface area contributed by atoms with Gasteiger partial charge in [0.15, 0.2) is 0 Å². The molecule has 2 aliphatic heterocycles. The molecule has 1 amide bonds. The van der Waals surface area contributed by atoms with E-state index in [9.17, 15) is 13.2 Å². The third-order valence-electron chi connectivity index (χ3n) is 6.35. The Labute approximate surface area is 180 Å². The second-order valence-electron chi connectivity index (χ2n) is 9.55. The molecule has 1 N–H and O–H groups in total. The van der Waals surface area contributed by atoms with Crippen LogP contribution in [-0.2, 0) is 25.0 Å². The van der Waals surface area contributed by atoms with Gasteiger partial charge in [0.2, 0.25) is 15.9 Å². The lowest BCUT2D eigenvalue weighted by atomic mass is 9.77. The number of carbonyl (C=O) groups is 1. The van der Waals surface area contributed by atoms with Gasteiger partial charge in [-0.2, -0.15) is 0 Å². The van der Waals surface area contributed by atoms with Crippen LogP contribution in [0.1, 0.15) is 45.6 Å². The van der Waals surface area contributed by atoms with Gasteiger partial charge in [-0.1, -0.05) is 13.8 Å². The summed E-state index contributed by atoms with van der Waals surface area (Å²) in [6.45, 7) is 9.00. The predicted octanol–water partition coefficient (Wildman–Crippen LogP) is 2.36. The molecule has 1 aromatic carbocycles. The summed E-state index contributed by atoms with van der Waals surface area (Å²) in [5.74, 6) is 0.0777. The van der Waals surface area contributed by atoms with E-state index in [0.29, 0.717) is 32.7 Å². The van der Waals surface area contributed by atoms with Crippen molar-refractivity contribution in [1.29, 1.82) is 0 Å². The van der Waals surface area contributed by atoms with Crippen LogP contribution in [0, 0.1) is 5.41 Å². The molecule has 0 atom stereocenters. The summed E-state index contributed by atoms with van der Waals surface area (Å²) in [7, 11) is 0.356. The van der Waals surface area contributed by atoms with Gasteiger partial charge in [-0.15, -0.1) is 0 Å². The van der Waals surface area contributed by atoms with Crippen molar-refractivity contribution in [2.24, 2.45) is 5.41 Å². The van der Waals surface area contributed by atoms with Crippen molar-refractivity contribution in [1.82, 2.24) is 9.62 Å². The lowest BCUT2D eigenvalue weighted by Crippen LogP contribution is -2.47. The van der Waals surface area contributed by atoms with Crippen LogP contribution in [0.2, 0.25) is 0 Å². The molecular formula is C22H35N3O4S. The Morgan fingerprint density at radius 3 is 2.47 bits per heavy atom. The van der Waals surface area contributed by atoms with Gasteiger partial charge in [0.1, 0.15) is 0 Å². The normalized spacial score (nSPS) is 21.0. The van der Waals surface area contributed by atoms with Crippen molar-refractivity contribution in [3.8, 4) is 0 Å². The number of rotatable bonds is 7. The van der Waals surface area contributed by atoms with Gasteiger partial charge in [0.25, 0.3) is 0 Å². The first kappa shape index (κ1) is 23.2. The van der Waals surface area contributed by atoms with Gasteiger partial charge in [0.05, 0.1) is 4.90 Å². The van der Waals surface area contributed by atoms with Crippen LogP contribution in [0.25, 0.3) is 0 Å². The molecule has 2 aliphatic rings. The van der Waals surface area contributed by atoms with Crippen LogP contribution < -0.4 is 9.62 Å². The van der Waals surface area contributed by atoms with E-state index < -0.39 is 15.4 Å². The van der Waals surface area contributed by atoms with Gasteiger partial charge in [0, 0.05) is 55.8 Å². The molecule has 1 aromatic rings. The van der Waals surface area contributed by atoms with E-state index in [2.05, 4.69) is 9.62 Å². The summed E-state index contributed by atoms with van der Waals surface area (Å²) in [4.78, 5) is 16.6. The number of nitrogens with one attached hydrogen (secondary N) is 1. The monoisotopic (exact) mass is 437 g/mol. The molecule has 2 heterocycles. The first-order valence-corrected chi connectivity index (χ1v) is 12.2. The van der Waals surface area contributed by atoms with Gasteiger partial charge in [-0.05, 0) is 57.6 Å². The van der Waals surface area contributed by atoms with Crippen molar-refractivity contribution in [2.75, 3.05) is 51.8 Å². The van der Waals surface area contributed by atoms with Crippen LogP contribution in [0.4, 0.5) is 5.69 Å². The smallest absolute Gasteiger partial charge is 0.240 e. The zero-order chi connectivity index (χ0) is 22.2. The number of nitrogens with zero attached hydrogens (tertiary/aromatic N) is 2. The molecular weight excluding hydrogens is 402 g/mol. The fraction of sp³-hybridized carbons (Fsp3) is 0.682. The molecule has 0 aromatic heterocycles. The molecule has 0 aliphatic carbocycles. The number of hydrogen-bond donors (Lipinski definition) is 1. The van der Waals surface area contributed by atoms with Gasteiger partial charge >= 0.3 is 0 Å². The Morgan fingerprint density at radius 1 is 1.20 bits per heavy atom. The SMILES string of the molecule is CCN1C(=O)CC(C)(C)c2cc(S(=O)(=O)NCC3(CN(C)C)CCOCC3)ccc21. The number of sulfonamides is 1. The van der Waals surface area contributed by atoms with E-state index in [1.807, 2.05) is 34.9 Å². The van der Waals surface area contributed by atoms with Crippen LogP contribution >= 0.6 is 0 Å². The highest BCUT2D eigenvalue weighted by Crippen LogP contribution is 2.41. The van der Waals surface area contributed by atoms with Gasteiger partial charge < -0.3 is 14.5 Å². The highest BCUT2D eigenvalue weighted by Gasteiger charge is 2.38. The number of anilines is 1. The second-order valence-corrected chi connectivity index (χ2v) is 11.3. The first-order valence-electron chi connectivity index (χ1n) is 10.7. The van der Waals surface area contributed by atoms with E-state index in [-0.39, 0.29) is 16.2 Å². The molecule has 1 fully saturated rings. The topological polar surface area (TPSA) is 79.0 Å². The lowest BCUT2D eigenvalue weighted by Gasteiger charge is -2.39. The van der Waals surface area contributed by atoms with Crippen LogP contribution in [0.3, 0.4) is 0 Å². The quantitative estimate of drug-likeness (QED) is 0.708. The van der Waals surface area contributed by atoms with Crippen molar-refractivity contribution in [2.45, 2.75) is 50.3 Å². The Balaban J connectivity index is 1.87. The minimum absolute atomic E-state index is 0.0777. The number of amides is 1. The number of ether oxygens (including phenoxy) is 1. The second kappa shape index (κ2) is 8.57. The zero-order valence-electron chi connectivity index (χ0n) is 18.8. The van der Waals surface area contributed by atoms with Crippen molar-refractivity contribution >= 4 is 21.6 Å². The highest BCUT2D eigenvalue weighted by atomic mass is 32.2. The van der Waals surface area contributed by atoms with E-state index in [1.165, 1.54) is 0 Å². The molecule has 0 unspecified atom stereocenters. The fourth-order valence-corrected chi connectivity index (χ4v) is 5.89. The molecule has 8 heteroatoms. The van der Waals surface area contributed by atoms with Crippen molar-refractivity contribution in [3.63, 3.8) is 0 Å². The maximum Gasteiger partial charge on any atom is 0.240 e. The molecule has 30 heavy (non-hydrogen) atoms. The van der Waals surface area contributed by atoms with Crippen molar-refractivity contribution in [3.05, 3.63) is 23.8 Å². The molecule has 0 radical (unpaired) electrons. The molecule has 0 saturated carbocycles. The van der Waals surface area contributed by atoms with Crippen LogP contribution in [-0.4, -0.2) is 66.2 Å². The molecule has 1 saturated heterocycles. The Hall–Kier alpha value is -1.48. The Bertz CT molecular complexity index is 890. The number of fused-ring (bicyclic) bond motifs is 1. The average Bonchev–Trinajstić information content (AvgIpc) is 2.66. The molecule has 0 bridgehead atoms. The minimum atomic E-state index is -3.67. The van der Waals surface area contributed by atoms with E-state index in [4.69, 9.17) is 4.74 Å². The van der Waals surface area contributed by atoms with Crippen molar-refractivity contribution < 1.29 is 17.9 Å². The molecule has 3 rings (SSSR count). The highest BCUT2D eigenvalue weighted by molar-refractivity contribution is 7.89. The summed E-state index contributed by atoms with van der Waals surface area (Å²) in [6.07, 6.45) is 2.04. The Morgan fingerprint density at radius 2 is 1.87 bits per heavy atom. The predicted molar refractivity (Wildman–Crippen MR) is 118 cm³/mol. The third kappa shape index (κ3) is 4.72. The summed E-state index contributed by atoms with van der Waals surface area (Å²) >= 11 is 0. The molecule has 0 spiro atoms. The number of benzene rings is 1. The van der Waals surface area contributed by atoms with E-state index in [1.54, 1.807) is 23.1 Å². The van der Waals surface area contributed by atoms with Gasteiger partial charge in [-0.3, -0.25) is 4.79 Å². The average molecular weight is 438 g/mol. The lowest BCUT2D eigenvalue weighted by molar-refractivity contribution is -0.120. The first-order chi connectivity index (χ1) is 14.0. The molecule has 7 nitrogen and oxygen atoms in total. The van der Waals surface area contributed by atoms with E-state index >= 15 is 0 Å². The van der Waals surface area contributed by atoms with Crippen LogP contribution in [0.5, 0.6) is 0 Å². The number of hydrogen-bond acceptors (Lipinski definition) is 5. The Kier molecular flexibility index (Phi) is 6.63. The minimum Gasteiger partial charge on any atom is -0.381 e.